The highest BCUT2D eigenvalue weighted by Crippen LogP contribution is 2.28. The molecule has 2 rings (SSSR count). The standard InChI is InChI=1S/C12H13F3N4O2/c1-6(16-2)3-9-18-11(21-19-9)7-4-8(12(13,14)15)10(20)17-5-7/h4-6,16H,3H2,1-2H3,(H,17,20). The van der Waals surface area contributed by atoms with Crippen LogP contribution in [-0.4, -0.2) is 28.2 Å². The van der Waals surface area contributed by atoms with Crippen molar-refractivity contribution in [1.82, 2.24) is 20.4 Å². The summed E-state index contributed by atoms with van der Waals surface area (Å²) in [5.74, 6) is 0.293. The molecule has 9 heteroatoms. The summed E-state index contributed by atoms with van der Waals surface area (Å²) in [4.78, 5) is 17.2. The first-order valence-electron chi connectivity index (χ1n) is 6.11. The zero-order valence-electron chi connectivity index (χ0n) is 11.3. The third kappa shape index (κ3) is 3.48. The molecule has 2 heterocycles. The molecule has 0 saturated heterocycles. The maximum absolute atomic E-state index is 12.7. The number of likely N-dealkylation sites (N-methyl/N-ethyl adjacent to an activating group) is 1. The van der Waals surface area contributed by atoms with Crippen LogP contribution in [0.25, 0.3) is 11.5 Å². The highest BCUT2D eigenvalue weighted by Gasteiger charge is 2.34. The van der Waals surface area contributed by atoms with Gasteiger partial charge in [0.15, 0.2) is 5.82 Å². The molecule has 6 nitrogen and oxygen atoms in total. The van der Waals surface area contributed by atoms with E-state index in [0.717, 1.165) is 6.20 Å². The van der Waals surface area contributed by atoms with E-state index in [0.29, 0.717) is 18.3 Å². The molecule has 0 amide bonds. The minimum absolute atomic E-state index is 0.0118. The SMILES string of the molecule is CNC(C)Cc1noc(-c2c[nH]c(=O)c(C(F)(F)F)c2)n1. The molecule has 1 unspecified atom stereocenters. The summed E-state index contributed by atoms with van der Waals surface area (Å²) in [6, 6.07) is 0.786. The Morgan fingerprint density at radius 1 is 1.48 bits per heavy atom. The average molecular weight is 302 g/mol. The number of H-pyrrole nitrogens is 1. The number of aromatic nitrogens is 3. The van der Waals surface area contributed by atoms with Crippen LogP contribution >= 0.6 is 0 Å². The molecule has 0 radical (unpaired) electrons. The lowest BCUT2D eigenvalue weighted by Gasteiger charge is -2.05. The van der Waals surface area contributed by atoms with Crippen LogP contribution in [0.15, 0.2) is 21.6 Å². The van der Waals surface area contributed by atoms with Gasteiger partial charge in [-0.05, 0) is 20.0 Å². The predicted molar refractivity (Wildman–Crippen MR) is 67.6 cm³/mol. The van der Waals surface area contributed by atoms with Crippen LogP contribution in [0.1, 0.15) is 18.3 Å². The number of rotatable bonds is 4. The molecule has 2 aromatic heterocycles. The molecule has 0 aliphatic rings. The van der Waals surface area contributed by atoms with Crippen LogP contribution < -0.4 is 10.9 Å². The summed E-state index contributed by atoms with van der Waals surface area (Å²) in [6.07, 6.45) is -3.17. The minimum atomic E-state index is -4.74. The molecule has 0 spiro atoms. The van der Waals surface area contributed by atoms with Crippen molar-refractivity contribution in [2.75, 3.05) is 7.05 Å². The van der Waals surface area contributed by atoms with Gasteiger partial charge >= 0.3 is 6.18 Å². The van der Waals surface area contributed by atoms with Crippen LogP contribution in [0.4, 0.5) is 13.2 Å². The molecule has 0 fully saturated rings. The third-order valence-electron chi connectivity index (χ3n) is 2.91. The van der Waals surface area contributed by atoms with Gasteiger partial charge in [-0.15, -0.1) is 0 Å². The molecule has 0 bridgehead atoms. The maximum Gasteiger partial charge on any atom is 0.421 e. The van der Waals surface area contributed by atoms with Gasteiger partial charge in [-0.3, -0.25) is 4.79 Å². The zero-order chi connectivity index (χ0) is 15.6. The highest BCUT2D eigenvalue weighted by atomic mass is 19.4. The Kier molecular flexibility index (Phi) is 4.12. The first kappa shape index (κ1) is 15.2. The number of nitrogens with zero attached hydrogens (tertiary/aromatic N) is 2. The van der Waals surface area contributed by atoms with E-state index < -0.39 is 17.3 Å². The number of hydrogen-bond donors (Lipinski definition) is 2. The van der Waals surface area contributed by atoms with Crippen molar-refractivity contribution >= 4 is 0 Å². The highest BCUT2D eigenvalue weighted by molar-refractivity contribution is 5.52. The normalized spacial score (nSPS) is 13.4. The second-order valence-electron chi connectivity index (χ2n) is 4.54. The Balaban J connectivity index is 2.33. The van der Waals surface area contributed by atoms with Gasteiger partial charge in [0.25, 0.3) is 11.4 Å². The van der Waals surface area contributed by atoms with E-state index in [1.54, 1.807) is 7.05 Å². The van der Waals surface area contributed by atoms with Crippen molar-refractivity contribution in [3.8, 4) is 11.5 Å². The van der Waals surface area contributed by atoms with Crippen molar-refractivity contribution in [2.45, 2.75) is 25.6 Å². The number of pyridine rings is 1. The molecular formula is C12H13F3N4O2. The van der Waals surface area contributed by atoms with E-state index in [2.05, 4.69) is 15.5 Å². The van der Waals surface area contributed by atoms with Crippen molar-refractivity contribution in [1.29, 1.82) is 0 Å². The molecule has 2 aromatic rings. The second-order valence-corrected chi connectivity index (χ2v) is 4.54. The van der Waals surface area contributed by atoms with Crippen LogP contribution in [0.5, 0.6) is 0 Å². The van der Waals surface area contributed by atoms with Crippen LogP contribution in [0, 0.1) is 0 Å². The quantitative estimate of drug-likeness (QED) is 0.896. The first-order chi connectivity index (χ1) is 9.81. The van der Waals surface area contributed by atoms with Crippen LogP contribution in [0.2, 0.25) is 0 Å². The molecule has 0 saturated carbocycles. The topological polar surface area (TPSA) is 83.8 Å². The molecule has 0 aromatic carbocycles. The summed E-state index contributed by atoms with van der Waals surface area (Å²) >= 11 is 0. The summed E-state index contributed by atoms with van der Waals surface area (Å²) < 4.78 is 42.9. The Morgan fingerprint density at radius 2 is 2.19 bits per heavy atom. The third-order valence-corrected chi connectivity index (χ3v) is 2.91. The Labute approximate surface area is 117 Å². The van der Waals surface area contributed by atoms with Gasteiger partial charge in [0.05, 0.1) is 5.56 Å². The molecule has 1 atom stereocenters. The van der Waals surface area contributed by atoms with Gasteiger partial charge in [-0.2, -0.15) is 18.2 Å². The van der Waals surface area contributed by atoms with E-state index in [-0.39, 0.29) is 17.5 Å². The lowest BCUT2D eigenvalue weighted by atomic mass is 10.2. The fourth-order valence-electron chi connectivity index (χ4n) is 1.65. The summed E-state index contributed by atoms with van der Waals surface area (Å²) in [6.45, 7) is 1.90. The second kappa shape index (κ2) is 5.68. The van der Waals surface area contributed by atoms with Crippen LogP contribution in [-0.2, 0) is 12.6 Å². The Hall–Kier alpha value is -2.16. The summed E-state index contributed by atoms with van der Waals surface area (Å²) in [5.41, 5.74) is -2.50. The number of alkyl halides is 3. The lowest BCUT2D eigenvalue weighted by molar-refractivity contribution is -0.138. The van der Waals surface area contributed by atoms with Crippen LogP contribution in [0.3, 0.4) is 0 Å². The molecular weight excluding hydrogens is 289 g/mol. The Bertz CT molecular complexity index is 678. The van der Waals surface area contributed by atoms with Crippen molar-refractivity contribution in [3.05, 3.63) is 34.0 Å². The molecule has 0 aliphatic carbocycles. The van der Waals surface area contributed by atoms with Gasteiger partial charge in [-0.1, -0.05) is 5.16 Å². The fourth-order valence-corrected chi connectivity index (χ4v) is 1.65. The monoisotopic (exact) mass is 302 g/mol. The van der Waals surface area contributed by atoms with Gasteiger partial charge in [-0.25, -0.2) is 0 Å². The smallest absolute Gasteiger partial charge is 0.334 e. The van der Waals surface area contributed by atoms with E-state index in [1.165, 1.54) is 0 Å². The largest absolute Gasteiger partial charge is 0.421 e. The van der Waals surface area contributed by atoms with Crippen molar-refractivity contribution in [2.24, 2.45) is 0 Å². The first-order valence-corrected chi connectivity index (χ1v) is 6.11. The molecule has 21 heavy (non-hydrogen) atoms. The number of aromatic amines is 1. The van der Waals surface area contributed by atoms with Crippen molar-refractivity contribution in [3.63, 3.8) is 0 Å². The zero-order valence-corrected chi connectivity index (χ0v) is 11.3. The fraction of sp³-hybridized carbons (Fsp3) is 0.417. The number of halogens is 3. The minimum Gasteiger partial charge on any atom is -0.334 e. The van der Waals surface area contributed by atoms with Crippen molar-refractivity contribution < 1.29 is 17.7 Å². The summed E-state index contributed by atoms with van der Waals surface area (Å²) in [7, 11) is 1.77. The lowest BCUT2D eigenvalue weighted by Crippen LogP contribution is -2.24. The number of hydrogen-bond acceptors (Lipinski definition) is 5. The molecule has 114 valence electrons. The summed E-state index contributed by atoms with van der Waals surface area (Å²) in [5, 5.41) is 6.68. The maximum atomic E-state index is 12.7. The van der Waals surface area contributed by atoms with Gasteiger partial charge in [0.2, 0.25) is 0 Å². The molecule has 0 aliphatic heterocycles. The predicted octanol–water partition coefficient (Wildman–Crippen LogP) is 1.59. The van der Waals surface area contributed by atoms with E-state index in [9.17, 15) is 18.0 Å². The van der Waals surface area contributed by atoms with E-state index in [4.69, 9.17) is 4.52 Å². The van der Waals surface area contributed by atoms with Gasteiger partial charge in [0, 0.05) is 18.7 Å². The average Bonchev–Trinajstić information content (AvgIpc) is 2.86. The van der Waals surface area contributed by atoms with Gasteiger partial charge < -0.3 is 14.8 Å². The van der Waals surface area contributed by atoms with E-state index >= 15 is 0 Å². The van der Waals surface area contributed by atoms with Gasteiger partial charge in [0.1, 0.15) is 5.56 Å². The number of nitrogens with one attached hydrogen (secondary N) is 2. The Morgan fingerprint density at radius 3 is 2.81 bits per heavy atom. The van der Waals surface area contributed by atoms with E-state index in [1.807, 2.05) is 11.9 Å². The molecule has 2 N–H and O–H groups in total.